The van der Waals surface area contributed by atoms with E-state index < -0.39 is 10.1 Å². The Morgan fingerprint density at radius 3 is 2.44 bits per heavy atom. The number of unbranched alkanes of at least 4 members (excludes halogenated alkanes) is 1. The molecular formula is C31H36FNO5S. The van der Waals surface area contributed by atoms with E-state index in [0.29, 0.717) is 17.9 Å². The van der Waals surface area contributed by atoms with E-state index in [9.17, 15) is 12.8 Å². The number of methoxy groups -OCH3 is 1. The summed E-state index contributed by atoms with van der Waals surface area (Å²) in [7, 11) is -2.17. The topological polar surface area (TPSA) is 73.9 Å². The van der Waals surface area contributed by atoms with Gasteiger partial charge in [0.15, 0.2) is 0 Å². The van der Waals surface area contributed by atoms with Crippen molar-refractivity contribution in [1.29, 1.82) is 0 Å². The first kappa shape index (κ1) is 28.5. The van der Waals surface area contributed by atoms with E-state index in [0.717, 1.165) is 45.5 Å². The van der Waals surface area contributed by atoms with Crippen LogP contribution in [0.2, 0.25) is 0 Å². The van der Waals surface area contributed by atoms with Crippen LogP contribution in [-0.2, 0) is 16.7 Å². The standard InChI is InChI=1S/C31H36FNO5S/c1-7-8-15-39(34,35)38-23-11-12-25(29(17-23)36-6)24-13-14-27-30(21(3)18-31(4,5)33-27)26(24)19-37-28-16-22(32)10-9-20(28)2/h9-14,16-18,33H,7-8,15,19H2,1-6H3. The Bertz CT molecular complexity index is 1510. The maximum absolute atomic E-state index is 14.0. The van der Waals surface area contributed by atoms with E-state index in [1.54, 1.807) is 24.3 Å². The lowest BCUT2D eigenvalue weighted by Crippen LogP contribution is -2.32. The van der Waals surface area contributed by atoms with Gasteiger partial charge in [-0.1, -0.05) is 31.6 Å². The van der Waals surface area contributed by atoms with Crippen LogP contribution in [0.15, 0.2) is 54.6 Å². The van der Waals surface area contributed by atoms with Crippen molar-refractivity contribution in [2.75, 3.05) is 18.2 Å². The zero-order valence-corrected chi connectivity index (χ0v) is 24.2. The fourth-order valence-corrected chi connectivity index (χ4v) is 6.06. The summed E-state index contributed by atoms with van der Waals surface area (Å²) in [5.41, 5.74) is 6.18. The van der Waals surface area contributed by atoms with Crippen LogP contribution in [0.3, 0.4) is 0 Å². The third-order valence-electron chi connectivity index (χ3n) is 6.70. The van der Waals surface area contributed by atoms with Gasteiger partial charge < -0.3 is 19.0 Å². The molecule has 0 amide bonds. The Hall–Kier alpha value is -3.52. The van der Waals surface area contributed by atoms with Gasteiger partial charge in [-0.2, -0.15) is 8.42 Å². The van der Waals surface area contributed by atoms with Crippen LogP contribution < -0.4 is 19.0 Å². The zero-order chi connectivity index (χ0) is 28.4. The summed E-state index contributed by atoms with van der Waals surface area (Å²) < 4.78 is 56.0. The number of hydrogen-bond acceptors (Lipinski definition) is 6. The second-order valence-corrected chi connectivity index (χ2v) is 12.1. The van der Waals surface area contributed by atoms with Crippen molar-refractivity contribution in [3.8, 4) is 28.4 Å². The maximum Gasteiger partial charge on any atom is 0.309 e. The molecule has 1 aliphatic rings. The highest BCUT2D eigenvalue weighted by Crippen LogP contribution is 2.43. The molecule has 0 aliphatic carbocycles. The first-order chi connectivity index (χ1) is 18.4. The highest BCUT2D eigenvalue weighted by atomic mass is 32.2. The molecule has 4 rings (SSSR count). The summed E-state index contributed by atoms with van der Waals surface area (Å²) in [5.74, 6) is 0.715. The average molecular weight is 554 g/mol. The molecule has 0 bridgehead atoms. The minimum Gasteiger partial charge on any atom is -0.496 e. The van der Waals surface area contributed by atoms with E-state index in [4.69, 9.17) is 13.7 Å². The third-order valence-corrected chi connectivity index (χ3v) is 7.93. The normalized spacial score (nSPS) is 14.2. The van der Waals surface area contributed by atoms with Gasteiger partial charge >= 0.3 is 10.1 Å². The molecule has 3 aromatic carbocycles. The van der Waals surface area contributed by atoms with Crippen molar-refractivity contribution in [2.45, 2.75) is 59.6 Å². The minimum atomic E-state index is -3.71. The van der Waals surface area contributed by atoms with Crippen molar-refractivity contribution in [2.24, 2.45) is 0 Å². The van der Waals surface area contributed by atoms with Crippen molar-refractivity contribution in [3.05, 3.63) is 77.1 Å². The average Bonchev–Trinajstić information content (AvgIpc) is 2.86. The molecule has 1 N–H and O–H groups in total. The lowest BCUT2D eigenvalue weighted by atomic mass is 9.85. The number of halogens is 1. The van der Waals surface area contributed by atoms with Crippen LogP contribution in [0.1, 0.15) is 57.2 Å². The number of rotatable bonds is 10. The van der Waals surface area contributed by atoms with Crippen molar-refractivity contribution in [3.63, 3.8) is 0 Å². The molecule has 0 saturated carbocycles. The molecule has 0 radical (unpaired) electrons. The fraction of sp³-hybridized carbons (Fsp3) is 0.355. The lowest BCUT2D eigenvalue weighted by Gasteiger charge is -2.33. The molecule has 208 valence electrons. The molecule has 0 spiro atoms. The molecule has 0 unspecified atom stereocenters. The van der Waals surface area contributed by atoms with Gasteiger partial charge in [0.05, 0.1) is 18.4 Å². The molecule has 8 heteroatoms. The summed E-state index contributed by atoms with van der Waals surface area (Å²) in [5, 5.41) is 3.57. The number of benzene rings is 3. The number of allylic oxidation sites excluding steroid dienone is 1. The van der Waals surface area contributed by atoms with E-state index in [-0.39, 0.29) is 29.5 Å². The molecule has 0 aromatic heterocycles. The molecule has 0 saturated heterocycles. The van der Waals surface area contributed by atoms with E-state index in [2.05, 4.69) is 32.2 Å². The van der Waals surface area contributed by atoms with Crippen molar-refractivity contribution < 1.29 is 26.5 Å². The van der Waals surface area contributed by atoms with Gasteiger partial charge in [0.25, 0.3) is 0 Å². The summed E-state index contributed by atoms with van der Waals surface area (Å²) in [6, 6.07) is 13.5. The smallest absolute Gasteiger partial charge is 0.309 e. The second kappa shape index (κ2) is 11.3. The first-order valence-corrected chi connectivity index (χ1v) is 14.6. The van der Waals surface area contributed by atoms with Gasteiger partial charge in [-0.25, -0.2) is 4.39 Å². The number of aryl methyl sites for hydroxylation is 1. The Morgan fingerprint density at radius 1 is 0.974 bits per heavy atom. The largest absolute Gasteiger partial charge is 0.496 e. The third kappa shape index (κ3) is 6.56. The highest BCUT2D eigenvalue weighted by Gasteiger charge is 2.27. The predicted octanol–water partition coefficient (Wildman–Crippen LogP) is 7.50. The Labute approximate surface area is 230 Å². The van der Waals surface area contributed by atoms with E-state index in [1.807, 2.05) is 26.0 Å². The Kier molecular flexibility index (Phi) is 8.25. The summed E-state index contributed by atoms with van der Waals surface area (Å²) in [6.45, 7) is 10.3. The summed E-state index contributed by atoms with van der Waals surface area (Å²) >= 11 is 0. The molecule has 1 heterocycles. The molecule has 3 aromatic rings. The zero-order valence-electron chi connectivity index (χ0n) is 23.4. The van der Waals surface area contributed by atoms with Gasteiger partial charge in [-0.05, 0) is 75.1 Å². The molecule has 1 aliphatic heterocycles. The fourth-order valence-electron chi connectivity index (χ4n) is 4.94. The number of hydrogen-bond donors (Lipinski definition) is 1. The number of fused-ring (bicyclic) bond motifs is 1. The Balaban J connectivity index is 1.80. The van der Waals surface area contributed by atoms with Crippen LogP contribution in [-0.4, -0.2) is 26.8 Å². The number of ether oxygens (including phenoxy) is 2. The molecule has 6 nitrogen and oxygen atoms in total. The van der Waals surface area contributed by atoms with Gasteiger partial charge in [-0.3, -0.25) is 0 Å². The molecule has 39 heavy (non-hydrogen) atoms. The van der Waals surface area contributed by atoms with Crippen LogP contribution >= 0.6 is 0 Å². The van der Waals surface area contributed by atoms with Gasteiger partial charge in [0.1, 0.15) is 29.7 Å². The maximum atomic E-state index is 14.0. The van der Waals surface area contributed by atoms with Crippen LogP contribution in [0.4, 0.5) is 10.1 Å². The van der Waals surface area contributed by atoms with Crippen molar-refractivity contribution >= 4 is 21.4 Å². The minimum absolute atomic E-state index is 0.0473. The van der Waals surface area contributed by atoms with E-state index >= 15 is 0 Å². The predicted molar refractivity (Wildman–Crippen MR) is 155 cm³/mol. The quantitative estimate of drug-likeness (QED) is 0.262. The second-order valence-electron chi connectivity index (χ2n) is 10.4. The monoisotopic (exact) mass is 553 g/mol. The van der Waals surface area contributed by atoms with Gasteiger partial charge in [-0.15, -0.1) is 0 Å². The number of nitrogens with one attached hydrogen (secondary N) is 1. The van der Waals surface area contributed by atoms with E-state index in [1.165, 1.54) is 19.2 Å². The van der Waals surface area contributed by atoms with Crippen molar-refractivity contribution in [1.82, 2.24) is 0 Å². The lowest BCUT2D eigenvalue weighted by molar-refractivity contribution is 0.302. The number of anilines is 1. The van der Waals surface area contributed by atoms with Crippen LogP contribution in [0.25, 0.3) is 16.7 Å². The van der Waals surface area contributed by atoms with Crippen LogP contribution in [0, 0.1) is 12.7 Å². The summed E-state index contributed by atoms with van der Waals surface area (Å²) in [6.07, 6.45) is 3.45. The SMILES string of the molecule is CCCCS(=O)(=O)Oc1ccc(-c2ccc3c(c2COc2cc(F)ccc2C)C(C)=CC(C)(C)N3)c(OC)c1. The van der Waals surface area contributed by atoms with Gasteiger partial charge in [0.2, 0.25) is 0 Å². The molecule has 0 atom stereocenters. The Morgan fingerprint density at radius 2 is 1.72 bits per heavy atom. The highest BCUT2D eigenvalue weighted by molar-refractivity contribution is 7.87. The van der Waals surface area contributed by atoms with Crippen LogP contribution in [0.5, 0.6) is 17.2 Å². The molecule has 0 fully saturated rings. The summed E-state index contributed by atoms with van der Waals surface area (Å²) in [4.78, 5) is 0. The first-order valence-electron chi connectivity index (χ1n) is 13.1. The van der Waals surface area contributed by atoms with Gasteiger partial charge in [0, 0.05) is 34.5 Å². The molecular weight excluding hydrogens is 517 g/mol.